The van der Waals surface area contributed by atoms with Crippen LogP contribution in [0.4, 0.5) is 4.79 Å². The van der Waals surface area contributed by atoms with Gasteiger partial charge in [-0.2, -0.15) is 0 Å². The fraction of sp³-hybridized carbons (Fsp3) is 0.304. The normalized spacial score (nSPS) is 17.2. The number of carbonyl (C=O) groups is 1. The van der Waals surface area contributed by atoms with Crippen LogP contribution < -0.4 is 5.32 Å². The van der Waals surface area contributed by atoms with Gasteiger partial charge in [0, 0.05) is 36.6 Å². The predicted molar refractivity (Wildman–Crippen MR) is 129 cm³/mol. The highest BCUT2D eigenvalue weighted by molar-refractivity contribution is 7.09. The van der Waals surface area contributed by atoms with Crippen LogP contribution in [0.5, 0.6) is 0 Å². The number of halogens is 2. The van der Waals surface area contributed by atoms with Crippen LogP contribution in [0.2, 0.25) is 0 Å². The van der Waals surface area contributed by atoms with E-state index in [1.54, 1.807) is 16.2 Å². The summed E-state index contributed by atoms with van der Waals surface area (Å²) in [5, 5.41) is 6.53. The van der Waals surface area contributed by atoms with Gasteiger partial charge in [0.15, 0.2) is 0 Å². The summed E-state index contributed by atoms with van der Waals surface area (Å²) >= 11 is 1.64. The minimum atomic E-state index is -0.244. The smallest absolute Gasteiger partial charge is 0.409 e. The van der Waals surface area contributed by atoms with Crippen molar-refractivity contribution in [3.05, 3.63) is 75.7 Å². The van der Waals surface area contributed by atoms with Crippen molar-refractivity contribution in [1.82, 2.24) is 15.2 Å². The van der Waals surface area contributed by atoms with Gasteiger partial charge in [0.2, 0.25) is 0 Å². The van der Waals surface area contributed by atoms with E-state index in [1.807, 2.05) is 12.3 Å². The van der Waals surface area contributed by atoms with Crippen molar-refractivity contribution in [3.63, 3.8) is 0 Å². The molecule has 1 aliphatic carbocycles. The molecule has 0 spiro atoms. The summed E-state index contributed by atoms with van der Waals surface area (Å²) in [7, 11) is 0. The van der Waals surface area contributed by atoms with Gasteiger partial charge in [-0.3, -0.25) is 0 Å². The van der Waals surface area contributed by atoms with Crippen molar-refractivity contribution in [2.24, 2.45) is 0 Å². The van der Waals surface area contributed by atoms with E-state index in [2.05, 4.69) is 58.8 Å². The van der Waals surface area contributed by atoms with Gasteiger partial charge < -0.3 is 15.0 Å². The number of piperazine rings is 1. The number of amides is 1. The van der Waals surface area contributed by atoms with Crippen molar-refractivity contribution in [1.29, 1.82) is 0 Å². The lowest BCUT2D eigenvalue weighted by Crippen LogP contribution is -2.48. The second-order valence-electron chi connectivity index (χ2n) is 7.58. The summed E-state index contributed by atoms with van der Waals surface area (Å²) in [6.07, 6.45) is -0.244. The summed E-state index contributed by atoms with van der Waals surface area (Å²) in [5.74, 6) is 0.0895. The first kappa shape index (κ1) is 23.5. The highest BCUT2D eigenvalue weighted by Crippen LogP contribution is 2.44. The Morgan fingerprint density at radius 2 is 1.77 bits per heavy atom. The molecule has 1 fully saturated rings. The van der Waals surface area contributed by atoms with Crippen LogP contribution in [0.15, 0.2) is 53.9 Å². The number of hydrogen-bond donors (Lipinski definition) is 1. The summed E-state index contributed by atoms with van der Waals surface area (Å²) in [6, 6.07) is 16.9. The average molecular weight is 478 g/mol. The Morgan fingerprint density at radius 1 is 1.13 bits per heavy atom. The van der Waals surface area contributed by atoms with E-state index in [-0.39, 0.29) is 42.9 Å². The molecule has 0 bridgehead atoms. The molecule has 31 heavy (non-hydrogen) atoms. The van der Waals surface area contributed by atoms with Gasteiger partial charge in [0.1, 0.15) is 11.6 Å². The molecule has 5 nitrogen and oxygen atoms in total. The van der Waals surface area contributed by atoms with Gasteiger partial charge in [0.25, 0.3) is 0 Å². The quantitative estimate of drug-likeness (QED) is 0.563. The number of benzene rings is 2. The molecule has 3 aromatic rings. The van der Waals surface area contributed by atoms with Gasteiger partial charge in [0.05, 0.1) is 6.04 Å². The van der Waals surface area contributed by atoms with Crippen LogP contribution in [0.25, 0.3) is 11.1 Å². The molecule has 2 aromatic carbocycles. The Bertz CT molecular complexity index is 1010. The molecule has 2 aliphatic rings. The Labute approximate surface area is 198 Å². The Balaban J connectivity index is 0.00000136. The molecule has 5 rings (SSSR count). The molecule has 1 aromatic heterocycles. The number of aromatic nitrogens is 1. The van der Waals surface area contributed by atoms with Crippen LogP contribution in [0.1, 0.15) is 33.8 Å². The third-order valence-electron chi connectivity index (χ3n) is 5.70. The first-order valence-corrected chi connectivity index (χ1v) is 10.8. The molecular weight excluding hydrogens is 453 g/mol. The molecule has 1 unspecified atom stereocenters. The minimum absolute atomic E-state index is 0. The van der Waals surface area contributed by atoms with Crippen LogP contribution in [-0.2, 0) is 4.74 Å². The van der Waals surface area contributed by atoms with Crippen LogP contribution in [0.3, 0.4) is 0 Å². The van der Waals surface area contributed by atoms with E-state index in [0.717, 1.165) is 17.2 Å². The molecule has 1 saturated heterocycles. The number of aryl methyl sites for hydroxylation is 1. The van der Waals surface area contributed by atoms with Crippen molar-refractivity contribution in [3.8, 4) is 11.1 Å². The van der Waals surface area contributed by atoms with E-state index in [0.29, 0.717) is 19.7 Å². The largest absolute Gasteiger partial charge is 0.448 e. The third-order valence-corrected chi connectivity index (χ3v) is 6.78. The maximum atomic E-state index is 12.8. The van der Waals surface area contributed by atoms with Gasteiger partial charge in [-0.1, -0.05) is 48.5 Å². The number of rotatable bonds is 3. The highest BCUT2D eigenvalue weighted by Gasteiger charge is 2.31. The van der Waals surface area contributed by atoms with Crippen molar-refractivity contribution in [2.75, 3.05) is 26.2 Å². The Hall–Kier alpha value is -2.12. The molecule has 0 saturated carbocycles. The topological polar surface area (TPSA) is 54.5 Å². The van der Waals surface area contributed by atoms with E-state index >= 15 is 0 Å². The summed E-state index contributed by atoms with van der Waals surface area (Å²) in [5.41, 5.74) is 5.97. The lowest BCUT2D eigenvalue weighted by Gasteiger charge is -2.32. The zero-order valence-corrected chi connectivity index (χ0v) is 19.6. The zero-order valence-electron chi connectivity index (χ0n) is 17.1. The standard InChI is InChI=1S/C23H23N3O2S.2ClH/c1-15-14-29-22(25-15)21-12-26(11-10-24-21)23(27)28-13-20-18-8-4-2-6-16(18)17-7-3-5-9-19(17)20;;/h2-9,14,20-21,24H,10-13H2,1H3;2*1H. The SMILES string of the molecule is Cc1csc(C2CN(C(=O)OCC3c4ccccc4-c4ccccc43)CCN2)n1.Cl.Cl. The zero-order chi connectivity index (χ0) is 19.8. The second kappa shape index (κ2) is 10.0. The fourth-order valence-corrected chi connectivity index (χ4v) is 5.16. The number of hydrogen-bond acceptors (Lipinski definition) is 5. The van der Waals surface area contributed by atoms with E-state index in [9.17, 15) is 4.79 Å². The molecule has 2 heterocycles. The summed E-state index contributed by atoms with van der Waals surface area (Å²) in [6.45, 7) is 4.33. The molecular formula is C23H25Cl2N3O2S. The van der Waals surface area contributed by atoms with Gasteiger partial charge >= 0.3 is 6.09 Å². The monoisotopic (exact) mass is 477 g/mol. The number of nitrogens with one attached hydrogen (secondary N) is 1. The van der Waals surface area contributed by atoms with Crippen LogP contribution >= 0.6 is 36.2 Å². The number of nitrogens with zero attached hydrogens (tertiary/aromatic N) is 2. The van der Waals surface area contributed by atoms with Gasteiger partial charge in [-0.25, -0.2) is 9.78 Å². The number of ether oxygens (including phenoxy) is 1. The molecule has 1 aliphatic heterocycles. The van der Waals surface area contributed by atoms with E-state index in [4.69, 9.17) is 4.74 Å². The molecule has 164 valence electrons. The fourth-order valence-electron chi connectivity index (χ4n) is 4.30. The molecule has 1 N–H and O–H groups in total. The van der Waals surface area contributed by atoms with E-state index in [1.165, 1.54) is 22.3 Å². The molecule has 1 atom stereocenters. The van der Waals surface area contributed by atoms with Crippen molar-refractivity contribution >= 4 is 42.2 Å². The number of carbonyl (C=O) groups excluding carboxylic acids is 1. The lowest BCUT2D eigenvalue weighted by molar-refractivity contribution is 0.0883. The van der Waals surface area contributed by atoms with Crippen molar-refractivity contribution in [2.45, 2.75) is 18.9 Å². The molecule has 0 radical (unpaired) electrons. The van der Waals surface area contributed by atoms with E-state index < -0.39 is 0 Å². The third kappa shape index (κ3) is 4.58. The minimum Gasteiger partial charge on any atom is -0.448 e. The Kier molecular flexibility index (Phi) is 7.59. The Morgan fingerprint density at radius 3 is 2.39 bits per heavy atom. The van der Waals surface area contributed by atoms with Gasteiger partial charge in [-0.05, 0) is 29.2 Å². The maximum Gasteiger partial charge on any atom is 0.409 e. The summed E-state index contributed by atoms with van der Waals surface area (Å²) in [4.78, 5) is 19.2. The lowest BCUT2D eigenvalue weighted by atomic mass is 9.98. The average Bonchev–Trinajstić information content (AvgIpc) is 3.34. The molecule has 1 amide bonds. The van der Waals surface area contributed by atoms with Crippen molar-refractivity contribution < 1.29 is 9.53 Å². The van der Waals surface area contributed by atoms with Gasteiger partial charge in [-0.15, -0.1) is 36.2 Å². The number of thiazole rings is 1. The predicted octanol–water partition coefficient (Wildman–Crippen LogP) is 5.19. The molecule has 8 heteroatoms. The first-order valence-electron chi connectivity index (χ1n) is 9.96. The van der Waals surface area contributed by atoms with Crippen LogP contribution in [0, 0.1) is 6.92 Å². The maximum absolute atomic E-state index is 12.8. The summed E-state index contributed by atoms with van der Waals surface area (Å²) < 4.78 is 5.81. The van der Waals surface area contributed by atoms with Crippen LogP contribution in [-0.4, -0.2) is 42.2 Å². The number of fused-ring (bicyclic) bond motifs is 3. The second-order valence-corrected chi connectivity index (χ2v) is 8.47. The first-order chi connectivity index (χ1) is 14.2. The highest BCUT2D eigenvalue weighted by atomic mass is 35.5.